The van der Waals surface area contributed by atoms with Gasteiger partial charge in [-0.2, -0.15) is 5.10 Å². The number of rotatable bonds is 6. The molecule has 0 fully saturated rings. The second-order valence-corrected chi connectivity index (χ2v) is 4.12. The van der Waals surface area contributed by atoms with Crippen LogP contribution in [-0.2, 0) is 20.0 Å². The third-order valence-electron chi connectivity index (χ3n) is 2.58. The van der Waals surface area contributed by atoms with Crippen LogP contribution in [0.3, 0.4) is 0 Å². The number of nitrogens with two attached hydrogens (primary N) is 1. The summed E-state index contributed by atoms with van der Waals surface area (Å²) in [7, 11) is 3.99. The summed E-state index contributed by atoms with van der Waals surface area (Å²) in [5, 5.41) is 11.6. The Kier molecular flexibility index (Phi) is 4.49. The molecule has 0 aliphatic heterocycles. The summed E-state index contributed by atoms with van der Waals surface area (Å²) < 4.78 is 1.92. The fraction of sp³-hybridized carbons (Fsp3) is 0.636. The van der Waals surface area contributed by atoms with Gasteiger partial charge in [-0.3, -0.25) is 10.1 Å². The van der Waals surface area contributed by atoms with Crippen molar-refractivity contribution >= 4 is 5.84 Å². The Morgan fingerprint density at radius 3 is 2.81 bits per heavy atom. The molecule has 0 amide bonds. The van der Waals surface area contributed by atoms with Gasteiger partial charge in [0.15, 0.2) is 0 Å². The van der Waals surface area contributed by atoms with Crippen molar-refractivity contribution in [3.05, 3.63) is 17.5 Å². The maximum atomic E-state index is 7.18. The topological polar surface area (TPSA) is 70.9 Å². The van der Waals surface area contributed by atoms with E-state index in [4.69, 9.17) is 11.1 Å². The largest absolute Gasteiger partial charge is 0.388 e. The van der Waals surface area contributed by atoms with Gasteiger partial charge >= 0.3 is 0 Å². The molecule has 1 heterocycles. The summed E-state index contributed by atoms with van der Waals surface area (Å²) in [6, 6.07) is 2.13. The Balaban J connectivity index is 2.51. The minimum atomic E-state index is 0.242. The van der Waals surface area contributed by atoms with E-state index in [0.717, 1.165) is 25.2 Å². The second kappa shape index (κ2) is 5.65. The third kappa shape index (κ3) is 3.66. The molecule has 0 atom stereocenters. The van der Waals surface area contributed by atoms with Crippen molar-refractivity contribution in [1.29, 1.82) is 5.41 Å². The molecule has 0 aliphatic carbocycles. The molecular formula is C11H21N5. The Bertz CT molecular complexity index is 355. The van der Waals surface area contributed by atoms with Crippen molar-refractivity contribution in [3.63, 3.8) is 0 Å². The van der Waals surface area contributed by atoms with Crippen LogP contribution in [0.5, 0.6) is 0 Å². The quantitative estimate of drug-likeness (QED) is 0.552. The molecule has 0 aromatic carbocycles. The maximum absolute atomic E-state index is 7.18. The molecule has 0 unspecified atom stereocenters. The maximum Gasteiger partial charge on any atom is 0.0918 e. The van der Waals surface area contributed by atoms with Crippen molar-refractivity contribution in [3.8, 4) is 0 Å². The molecule has 3 N–H and O–H groups in total. The first-order valence-corrected chi connectivity index (χ1v) is 5.56. The number of aromatic nitrogens is 2. The van der Waals surface area contributed by atoms with Gasteiger partial charge in [0.1, 0.15) is 0 Å². The number of amidine groups is 1. The van der Waals surface area contributed by atoms with Crippen molar-refractivity contribution in [2.75, 3.05) is 13.6 Å². The zero-order valence-corrected chi connectivity index (χ0v) is 10.3. The summed E-state index contributed by atoms with van der Waals surface area (Å²) in [5.74, 6) is 0.242. The van der Waals surface area contributed by atoms with Gasteiger partial charge in [-0.15, -0.1) is 0 Å². The Labute approximate surface area is 96.7 Å². The fourth-order valence-corrected chi connectivity index (χ4v) is 1.56. The molecule has 0 aliphatic rings. The predicted molar refractivity (Wildman–Crippen MR) is 65.5 cm³/mol. The zero-order chi connectivity index (χ0) is 12.1. The van der Waals surface area contributed by atoms with E-state index in [-0.39, 0.29) is 5.84 Å². The van der Waals surface area contributed by atoms with Crippen LogP contribution < -0.4 is 5.73 Å². The van der Waals surface area contributed by atoms with Gasteiger partial charge < -0.3 is 10.6 Å². The molecule has 0 spiro atoms. The lowest BCUT2D eigenvalue weighted by atomic mass is 10.3. The fourth-order valence-electron chi connectivity index (χ4n) is 1.56. The Morgan fingerprint density at radius 2 is 2.31 bits per heavy atom. The van der Waals surface area contributed by atoms with E-state index in [1.165, 1.54) is 5.69 Å². The van der Waals surface area contributed by atoms with Crippen LogP contribution in [-0.4, -0.2) is 34.1 Å². The minimum Gasteiger partial charge on any atom is -0.388 e. The van der Waals surface area contributed by atoms with Gasteiger partial charge in [0.25, 0.3) is 0 Å². The van der Waals surface area contributed by atoms with Gasteiger partial charge in [-0.25, -0.2) is 0 Å². The highest BCUT2D eigenvalue weighted by Gasteiger charge is 2.07. The van der Waals surface area contributed by atoms with Gasteiger partial charge in [0.05, 0.1) is 17.2 Å². The molecule has 0 saturated heterocycles. The smallest absolute Gasteiger partial charge is 0.0918 e. The second-order valence-electron chi connectivity index (χ2n) is 4.12. The molecule has 0 saturated carbocycles. The first-order chi connectivity index (χ1) is 7.52. The normalized spacial score (nSPS) is 11.0. The summed E-state index contributed by atoms with van der Waals surface area (Å²) in [6.07, 6.45) is 1.58. The first kappa shape index (κ1) is 12.7. The summed E-state index contributed by atoms with van der Waals surface area (Å²) in [5.41, 5.74) is 7.65. The summed E-state index contributed by atoms with van der Waals surface area (Å²) in [4.78, 5) is 2.15. The Morgan fingerprint density at radius 1 is 1.62 bits per heavy atom. The van der Waals surface area contributed by atoms with E-state index >= 15 is 0 Å². The molecule has 5 nitrogen and oxygen atoms in total. The zero-order valence-electron chi connectivity index (χ0n) is 10.3. The van der Waals surface area contributed by atoms with Crippen molar-refractivity contribution in [1.82, 2.24) is 14.7 Å². The lowest BCUT2D eigenvalue weighted by molar-refractivity contribution is 0.326. The van der Waals surface area contributed by atoms with Gasteiger partial charge in [-0.1, -0.05) is 6.92 Å². The van der Waals surface area contributed by atoms with Crippen molar-refractivity contribution in [2.45, 2.75) is 26.3 Å². The lowest BCUT2D eigenvalue weighted by Crippen LogP contribution is -2.24. The summed E-state index contributed by atoms with van der Waals surface area (Å²) in [6.45, 7) is 3.75. The van der Waals surface area contributed by atoms with Crippen LogP contribution >= 0.6 is 0 Å². The molecule has 90 valence electrons. The molecular weight excluding hydrogens is 202 g/mol. The van der Waals surface area contributed by atoms with Gasteiger partial charge in [0.2, 0.25) is 0 Å². The van der Waals surface area contributed by atoms with Crippen LogP contribution in [0, 0.1) is 5.41 Å². The molecule has 16 heavy (non-hydrogen) atoms. The number of nitrogens with one attached hydrogen (secondary N) is 1. The molecule has 0 bridgehead atoms. The third-order valence-corrected chi connectivity index (χ3v) is 2.58. The predicted octanol–water partition coefficient (Wildman–Crippen LogP) is 0.740. The van der Waals surface area contributed by atoms with Crippen LogP contribution in [0.1, 0.15) is 24.7 Å². The molecule has 1 rings (SSSR count). The monoisotopic (exact) mass is 223 g/mol. The van der Waals surface area contributed by atoms with Gasteiger partial charge in [-0.05, 0) is 19.5 Å². The number of aryl methyl sites for hydroxylation is 2. The molecule has 0 radical (unpaired) electrons. The van der Waals surface area contributed by atoms with Gasteiger partial charge in [0, 0.05) is 26.6 Å². The molecule has 5 heteroatoms. The Hall–Kier alpha value is -1.36. The standard InChI is InChI=1S/C11H21N5/c1-4-9-7-10(16(3)14-9)8-15(2)6-5-11(12)13/h7H,4-6,8H2,1-3H3,(H3,12,13). The van der Waals surface area contributed by atoms with E-state index < -0.39 is 0 Å². The number of nitrogens with zero attached hydrogens (tertiary/aromatic N) is 3. The molecule has 1 aromatic rings. The van der Waals surface area contributed by atoms with Crippen LogP contribution in [0.25, 0.3) is 0 Å². The van der Waals surface area contributed by atoms with E-state index in [0.29, 0.717) is 6.42 Å². The van der Waals surface area contributed by atoms with E-state index in [1.807, 2.05) is 18.8 Å². The SMILES string of the molecule is CCc1cc(CN(C)CCC(=N)N)n(C)n1. The average molecular weight is 223 g/mol. The lowest BCUT2D eigenvalue weighted by Gasteiger charge is -2.15. The number of hydrogen-bond acceptors (Lipinski definition) is 3. The first-order valence-electron chi connectivity index (χ1n) is 5.56. The van der Waals surface area contributed by atoms with E-state index in [1.54, 1.807) is 0 Å². The van der Waals surface area contributed by atoms with Crippen molar-refractivity contribution < 1.29 is 0 Å². The van der Waals surface area contributed by atoms with Crippen LogP contribution in [0.2, 0.25) is 0 Å². The highest BCUT2D eigenvalue weighted by molar-refractivity contribution is 5.76. The van der Waals surface area contributed by atoms with Crippen LogP contribution in [0.4, 0.5) is 0 Å². The minimum absolute atomic E-state index is 0.242. The highest BCUT2D eigenvalue weighted by atomic mass is 15.3. The van der Waals surface area contributed by atoms with Crippen LogP contribution in [0.15, 0.2) is 6.07 Å². The van der Waals surface area contributed by atoms with Crippen molar-refractivity contribution in [2.24, 2.45) is 12.8 Å². The molecule has 1 aromatic heterocycles. The highest BCUT2D eigenvalue weighted by Crippen LogP contribution is 2.06. The van der Waals surface area contributed by atoms with E-state index in [9.17, 15) is 0 Å². The van der Waals surface area contributed by atoms with E-state index in [2.05, 4.69) is 23.0 Å². The average Bonchev–Trinajstić information content (AvgIpc) is 2.57. The number of hydrogen-bond donors (Lipinski definition) is 2. The summed E-state index contributed by atoms with van der Waals surface area (Å²) >= 11 is 0.